The van der Waals surface area contributed by atoms with E-state index in [0.29, 0.717) is 0 Å². The van der Waals surface area contributed by atoms with E-state index in [0.717, 1.165) is 70.7 Å². The maximum atomic E-state index is 6.07. The number of rotatable bonds is 11. The normalized spacial score (nSPS) is 11.6. The minimum Gasteiger partial charge on any atom is -0.462 e. The molecule has 3 rings (SSSR count). The summed E-state index contributed by atoms with van der Waals surface area (Å²) in [5, 5.41) is 1.78. The molecular formula is C25H29ClN2OS. The molecule has 2 aromatic carbocycles. The fourth-order valence-corrected chi connectivity index (χ4v) is 4.35. The second-order valence-electron chi connectivity index (χ2n) is 7.27. The van der Waals surface area contributed by atoms with E-state index in [9.17, 15) is 0 Å². The molecule has 158 valence electrons. The Bertz CT molecular complexity index is 994. The van der Waals surface area contributed by atoms with Crippen molar-refractivity contribution >= 4 is 39.2 Å². The molecule has 0 saturated heterocycles. The molecule has 1 aromatic heterocycles. The largest absolute Gasteiger partial charge is 0.462 e. The van der Waals surface area contributed by atoms with Gasteiger partial charge in [0, 0.05) is 24.5 Å². The fraction of sp³-hybridized carbons (Fsp3) is 0.320. The van der Waals surface area contributed by atoms with Gasteiger partial charge >= 0.3 is 0 Å². The van der Waals surface area contributed by atoms with Gasteiger partial charge in [-0.1, -0.05) is 50.2 Å². The van der Waals surface area contributed by atoms with Crippen molar-refractivity contribution < 1.29 is 4.74 Å². The second kappa shape index (κ2) is 11.3. The van der Waals surface area contributed by atoms with Gasteiger partial charge in [-0.3, -0.25) is 4.90 Å². The number of thiazole rings is 1. The highest BCUT2D eigenvalue weighted by molar-refractivity contribution is 7.19. The highest BCUT2D eigenvalue weighted by Crippen LogP contribution is 2.26. The van der Waals surface area contributed by atoms with Gasteiger partial charge < -0.3 is 4.74 Å². The predicted molar refractivity (Wildman–Crippen MR) is 130 cm³/mol. The zero-order valence-corrected chi connectivity index (χ0v) is 19.3. The maximum Gasteiger partial charge on any atom is 0.126 e. The minimum absolute atomic E-state index is 0.756. The average Bonchev–Trinajstić information content (AvgIpc) is 3.14. The SMILES string of the molecule is C=C(CC)Oc1ccc(CN(CCC)CC/C=C/c2nc3ccc(Cl)cc3s2)cc1. The first-order chi connectivity index (χ1) is 14.6. The number of fused-ring (bicyclic) bond motifs is 1. The van der Waals surface area contributed by atoms with Crippen molar-refractivity contribution in [3.63, 3.8) is 0 Å². The molecule has 0 fully saturated rings. The Kier molecular flexibility index (Phi) is 8.50. The van der Waals surface area contributed by atoms with Crippen LogP contribution in [0.3, 0.4) is 0 Å². The third kappa shape index (κ3) is 6.69. The Labute approximate surface area is 188 Å². The summed E-state index contributed by atoms with van der Waals surface area (Å²) in [4.78, 5) is 7.14. The molecule has 30 heavy (non-hydrogen) atoms. The smallest absolute Gasteiger partial charge is 0.126 e. The Hall–Kier alpha value is -2.14. The van der Waals surface area contributed by atoms with Gasteiger partial charge in [-0.05, 0) is 61.4 Å². The Morgan fingerprint density at radius 3 is 2.70 bits per heavy atom. The molecule has 0 aliphatic rings. The summed E-state index contributed by atoms with van der Waals surface area (Å²) in [5.41, 5.74) is 2.30. The van der Waals surface area contributed by atoms with Gasteiger partial charge in [0.15, 0.2) is 0 Å². The van der Waals surface area contributed by atoms with Crippen molar-refractivity contribution in [3.05, 3.63) is 76.5 Å². The first-order valence-electron chi connectivity index (χ1n) is 10.5. The van der Waals surface area contributed by atoms with E-state index in [2.05, 4.69) is 47.7 Å². The van der Waals surface area contributed by atoms with Crippen LogP contribution in [0.15, 0.2) is 60.9 Å². The maximum absolute atomic E-state index is 6.07. The van der Waals surface area contributed by atoms with Crippen LogP contribution in [0.25, 0.3) is 16.3 Å². The van der Waals surface area contributed by atoms with Crippen LogP contribution < -0.4 is 4.74 Å². The van der Waals surface area contributed by atoms with E-state index in [1.54, 1.807) is 11.3 Å². The van der Waals surface area contributed by atoms with Gasteiger partial charge in [0.1, 0.15) is 10.8 Å². The van der Waals surface area contributed by atoms with Crippen molar-refractivity contribution in [3.8, 4) is 5.75 Å². The molecule has 0 saturated carbocycles. The topological polar surface area (TPSA) is 25.4 Å². The highest BCUT2D eigenvalue weighted by atomic mass is 35.5. The van der Waals surface area contributed by atoms with Gasteiger partial charge in [0.25, 0.3) is 0 Å². The second-order valence-corrected chi connectivity index (χ2v) is 8.77. The summed E-state index contributed by atoms with van der Waals surface area (Å²) in [7, 11) is 0. The Morgan fingerprint density at radius 1 is 1.17 bits per heavy atom. The Balaban J connectivity index is 1.53. The zero-order chi connectivity index (χ0) is 21.3. The van der Waals surface area contributed by atoms with E-state index in [4.69, 9.17) is 16.3 Å². The van der Waals surface area contributed by atoms with Gasteiger partial charge in [0.05, 0.1) is 16.0 Å². The van der Waals surface area contributed by atoms with Gasteiger partial charge in [-0.2, -0.15) is 0 Å². The molecule has 3 nitrogen and oxygen atoms in total. The van der Waals surface area contributed by atoms with E-state index >= 15 is 0 Å². The predicted octanol–water partition coefficient (Wildman–Crippen LogP) is 7.57. The summed E-state index contributed by atoms with van der Waals surface area (Å²) >= 11 is 7.74. The number of nitrogens with zero attached hydrogens (tertiary/aromatic N) is 2. The summed E-state index contributed by atoms with van der Waals surface area (Å²) in [6.45, 7) is 11.2. The van der Waals surface area contributed by atoms with Crippen LogP contribution >= 0.6 is 22.9 Å². The van der Waals surface area contributed by atoms with Crippen LogP contribution in [-0.4, -0.2) is 23.0 Å². The standard InChI is InChI=1S/C25H29ClN2OS/c1-4-15-28(18-20-9-12-22(13-10-20)29-19(3)5-2)16-7-6-8-25-27-23-14-11-21(26)17-24(23)30-25/h6,8-14,17H,3-5,7,15-16,18H2,1-2H3/b8-6+. The van der Waals surface area contributed by atoms with Crippen molar-refractivity contribution in [1.82, 2.24) is 9.88 Å². The monoisotopic (exact) mass is 440 g/mol. The lowest BCUT2D eigenvalue weighted by Gasteiger charge is -2.21. The van der Waals surface area contributed by atoms with Gasteiger partial charge in [-0.25, -0.2) is 4.98 Å². The molecule has 5 heteroatoms. The number of ether oxygens (including phenoxy) is 1. The highest BCUT2D eigenvalue weighted by Gasteiger charge is 2.06. The first kappa shape index (κ1) is 22.5. The Morgan fingerprint density at radius 2 is 1.97 bits per heavy atom. The first-order valence-corrected chi connectivity index (χ1v) is 11.7. The summed E-state index contributed by atoms with van der Waals surface area (Å²) in [6, 6.07) is 14.2. The molecule has 0 radical (unpaired) electrons. The summed E-state index contributed by atoms with van der Waals surface area (Å²) in [6.07, 6.45) is 7.29. The summed E-state index contributed by atoms with van der Waals surface area (Å²) < 4.78 is 6.82. The van der Waals surface area contributed by atoms with Crippen LogP contribution in [0.2, 0.25) is 5.02 Å². The van der Waals surface area contributed by atoms with Crippen LogP contribution in [0.5, 0.6) is 5.75 Å². The van der Waals surface area contributed by atoms with Crippen molar-refractivity contribution in [2.24, 2.45) is 0 Å². The molecule has 0 amide bonds. The molecule has 0 aliphatic heterocycles. The number of hydrogen-bond acceptors (Lipinski definition) is 4. The van der Waals surface area contributed by atoms with E-state index < -0.39 is 0 Å². The molecule has 0 N–H and O–H groups in total. The molecule has 0 bridgehead atoms. The molecule has 3 aromatic rings. The van der Waals surface area contributed by atoms with Gasteiger partial charge in [0.2, 0.25) is 0 Å². The van der Waals surface area contributed by atoms with Crippen molar-refractivity contribution in [1.29, 1.82) is 0 Å². The summed E-state index contributed by atoms with van der Waals surface area (Å²) in [5.74, 6) is 1.64. The number of benzene rings is 2. The zero-order valence-electron chi connectivity index (χ0n) is 17.7. The molecule has 0 atom stereocenters. The molecule has 0 unspecified atom stereocenters. The molecular weight excluding hydrogens is 412 g/mol. The lowest BCUT2D eigenvalue weighted by atomic mass is 10.2. The van der Waals surface area contributed by atoms with Crippen LogP contribution in [0.1, 0.15) is 43.7 Å². The quantitative estimate of drug-likeness (QED) is 0.287. The average molecular weight is 441 g/mol. The number of hydrogen-bond donors (Lipinski definition) is 0. The lowest BCUT2D eigenvalue weighted by molar-refractivity contribution is 0.271. The number of aromatic nitrogens is 1. The number of allylic oxidation sites excluding steroid dienone is 1. The van der Waals surface area contributed by atoms with Crippen LogP contribution in [0.4, 0.5) is 0 Å². The van der Waals surface area contributed by atoms with Crippen LogP contribution in [-0.2, 0) is 6.54 Å². The van der Waals surface area contributed by atoms with E-state index in [1.807, 2.05) is 37.3 Å². The van der Waals surface area contributed by atoms with Crippen molar-refractivity contribution in [2.45, 2.75) is 39.7 Å². The van der Waals surface area contributed by atoms with E-state index in [1.165, 1.54) is 5.56 Å². The third-order valence-corrected chi connectivity index (χ3v) is 5.98. The van der Waals surface area contributed by atoms with Crippen molar-refractivity contribution in [2.75, 3.05) is 13.1 Å². The molecule has 0 spiro atoms. The minimum atomic E-state index is 0.756. The number of halogens is 1. The third-order valence-electron chi connectivity index (χ3n) is 4.77. The van der Waals surface area contributed by atoms with E-state index in [-0.39, 0.29) is 0 Å². The lowest BCUT2D eigenvalue weighted by Crippen LogP contribution is -2.25. The molecule has 0 aliphatic carbocycles. The van der Waals surface area contributed by atoms with Gasteiger partial charge in [-0.15, -0.1) is 11.3 Å². The fourth-order valence-electron chi connectivity index (χ4n) is 3.17. The molecule has 1 heterocycles. The van der Waals surface area contributed by atoms with Crippen LogP contribution in [0, 0.1) is 0 Å².